The summed E-state index contributed by atoms with van der Waals surface area (Å²) in [7, 11) is 0. The number of hydrogen-bond acceptors (Lipinski definition) is 4. The maximum Gasteiger partial charge on any atom is 0.405 e. The van der Waals surface area contributed by atoms with Gasteiger partial charge in [0.1, 0.15) is 5.60 Å². The molecule has 9 heteroatoms. The third-order valence-electron chi connectivity index (χ3n) is 2.05. The number of nitrogens with one attached hydrogen (secondary N) is 2. The van der Waals surface area contributed by atoms with E-state index < -0.39 is 23.9 Å². The summed E-state index contributed by atoms with van der Waals surface area (Å²) in [5.74, 6) is 0. The van der Waals surface area contributed by atoms with Gasteiger partial charge in [0.25, 0.3) is 0 Å². The molecule has 0 aliphatic rings. The first-order valence-corrected chi connectivity index (χ1v) is 7.20. The second-order valence-electron chi connectivity index (χ2n) is 5.74. The standard InChI is InChI=1S/C6H13NO2.2C4H9NO2/c1-4-6(2,3)9-5(7)8;2*1-3(2)5-4(6)7/h4H2,1-3H3,(H2,7,8);2*3,5H,1-2H3,(H,6,7). The van der Waals surface area contributed by atoms with Gasteiger partial charge in [0.15, 0.2) is 0 Å². The van der Waals surface area contributed by atoms with Gasteiger partial charge in [0.2, 0.25) is 0 Å². The van der Waals surface area contributed by atoms with Crippen LogP contribution in [0.15, 0.2) is 0 Å². The zero-order valence-electron chi connectivity index (χ0n) is 15.0. The van der Waals surface area contributed by atoms with Crippen molar-refractivity contribution in [2.45, 2.75) is 72.6 Å². The fraction of sp³-hybridized carbons (Fsp3) is 0.786. The summed E-state index contributed by atoms with van der Waals surface area (Å²) >= 11 is 0. The third-order valence-corrected chi connectivity index (χ3v) is 2.05. The van der Waals surface area contributed by atoms with Gasteiger partial charge in [-0.15, -0.1) is 0 Å². The van der Waals surface area contributed by atoms with Crippen LogP contribution >= 0.6 is 0 Å². The number of hydrogen-bond donors (Lipinski definition) is 5. The highest BCUT2D eigenvalue weighted by Crippen LogP contribution is 2.12. The molecule has 0 unspecified atom stereocenters. The Morgan fingerprint density at radius 3 is 1.35 bits per heavy atom. The van der Waals surface area contributed by atoms with Crippen LogP contribution in [-0.4, -0.2) is 46.2 Å². The Morgan fingerprint density at radius 2 is 1.30 bits per heavy atom. The summed E-state index contributed by atoms with van der Waals surface area (Å²) in [6, 6.07) is 0.0509. The Morgan fingerprint density at radius 1 is 1.00 bits per heavy atom. The SMILES string of the molecule is CC(C)NC(=O)O.CC(C)NC(=O)O.CCC(C)(C)OC(N)=O. The Balaban J connectivity index is -0.000000264. The molecule has 0 fully saturated rings. The minimum Gasteiger partial charge on any atom is -0.465 e. The molecule has 0 saturated heterocycles. The summed E-state index contributed by atoms with van der Waals surface area (Å²) < 4.78 is 4.73. The van der Waals surface area contributed by atoms with E-state index in [0.29, 0.717) is 0 Å². The van der Waals surface area contributed by atoms with Crippen molar-refractivity contribution in [3.63, 3.8) is 0 Å². The molecule has 138 valence electrons. The lowest BCUT2D eigenvalue weighted by Gasteiger charge is -2.21. The maximum atomic E-state index is 10.2. The van der Waals surface area contributed by atoms with E-state index in [2.05, 4.69) is 10.6 Å². The van der Waals surface area contributed by atoms with Crippen LogP contribution in [-0.2, 0) is 4.74 Å². The van der Waals surface area contributed by atoms with Crippen molar-refractivity contribution >= 4 is 18.3 Å². The molecule has 0 aromatic heterocycles. The molecule has 6 N–H and O–H groups in total. The first kappa shape index (κ1) is 25.7. The van der Waals surface area contributed by atoms with Crippen LogP contribution in [0.2, 0.25) is 0 Å². The summed E-state index contributed by atoms with van der Waals surface area (Å²) in [5.41, 5.74) is 4.38. The highest BCUT2D eigenvalue weighted by Gasteiger charge is 2.17. The van der Waals surface area contributed by atoms with Crippen LogP contribution < -0.4 is 16.4 Å². The first-order chi connectivity index (χ1) is 10.2. The Kier molecular flexibility index (Phi) is 15.1. The van der Waals surface area contributed by atoms with Gasteiger partial charge < -0.3 is 31.3 Å². The number of carboxylic acid groups (broad SMARTS) is 2. The summed E-state index contributed by atoms with van der Waals surface area (Å²) in [4.78, 5) is 29.6. The zero-order chi connectivity index (χ0) is 19.2. The molecule has 3 amide bonds. The molecule has 0 rings (SSSR count). The molecule has 0 aromatic rings. The van der Waals surface area contributed by atoms with E-state index >= 15 is 0 Å². The summed E-state index contributed by atoms with van der Waals surface area (Å²) in [6.45, 7) is 12.7. The fourth-order valence-corrected chi connectivity index (χ4v) is 0.838. The predicted octanol–water partition coefficient (Wildman–Crippen LogP) is 2.60. The molecule has 0 aliphatic heterocycles. The number of nitrogens with two attached hydrogens (primary N) is 1. The van der Waals surface area contributed by atoms with Crippen LogP contribution in [0.4, 0.5) is 14.4 Å². The third kappa shape index (κ3) is 32.9. The second kappa shape index (κ2) is 13.5. The Bertz CT molecular complexity index is 336. The van der Waals surface area contributed by atoms with Crippen LogP contribution in [0.25, 0.3) is 0 Å². The number of carbonyl (C=O) groups excluding carboxylic acids is 1. The molecule has 23 heavy (non-hydrogen) atoms. The van der Waals surface area contributed by atoms with Crippen LogP contribution in [0.3, 0.4) is 0 Å². The molecule has 0 atom stereocenters. The van der Waals surface area contributed by atoms with Crippen molar-refractivity contribution in [1.29, 1.82) is 0 Å². The van der Waals surface area contributed by atoms with Crippen molar-refractivity contribution in [2.75, 3.05) is 0 Å². The average molecular weight is 337 g/mol. The lowest BCUT2D eigenvalue weighted by Crippen LogP contribution is -2.30. The van der Waals surface area contributed by atoms with Gasteiger partial charge in [-0.3, -0.25) is 0 Å². The van der Waals surface area contributed by atoms with Crippen molar-refractivity contribution in [1.82, 2.24) is 10.6 Å². The van der Waals surface area contributed by atoms with E-state index in [-0.39, 0.29) is 12.1 Å². The van der Waals surface area contributed by atoms with Crippen LogP contribution in [0, 0.1) is 0 Å². The van der Waals surface area contributed by atoms with Gasteiger partial charge in [-0.05, 0) is 48.0 Å². The van der Waals surface area contributed by atoms with Gasteiger partial charge in [-0.1, -0.05) is 6.92 Å². The van der Waals surface area contributed by atoms with Crippen LogP contribution in [0.5, 0.6) is 0 Å². The van der Waals surface area contributed by atoms with Gasteiger partial charge in [-0.25, -0.2) is 14.4 Å². The highest BCUT2D eigenvalue weighted by atomic mass is 16.6. The Labute approximate surface area is 137 Å². The van der Waals surface area contributed by atoms with Gasteiger partial charge >= 0.3 is 18.3 Å². The van der Waals surface area contributed by atoms with E-state index in [1.54, 1.807) is 27.7 Å². The summed E-state index contributed by atoms with van der Waals surface area (Å²) in [5, 5.41) is 20.4. The van der Waals surface area contributed by atoms with Gasteiger partial charge in [0.05, 0.1) is 0 Å². The van der Waals surface area contributed by atoms with E-state index in [1.807, 2.05) is 20.8 Å². The Hall–Kier alpha value is -2.19. The molecular weight excluding hydrogens is 306 g/mol. The maximum absolute atomic E-state index is 10.2. The van der Waals surface area contributed by atoms with E-state index in [9.17, 15) is 14.4 Å². The minimum atomic E-state index is -0.963. The lowest BCUT2D eigenvalue weighted by atomic mass is 10.1. The quantitative estimate of drug-likeness (QED) is 0.532. The molecule has 0 bridgehead atoms. The van der Waals surface area contributed by atoms with E-state index in [4.69, 9.17) is 20.7 Å². The molecule has 0 heterocycles. The monoisotopic (exact) mass is 337 g/mol. The lowest BCUT2D eigenvalue weighted by molar-refractivity contribution is 0.0429. The van der Waals surface area contributed by atoms with Crippen molar-refractivity contribution in [3.8, 4) is 0 Å². The fourth-order valence-electron chi connectivity index (χ4n) is 0.838. The van der Waals surface area contributed by atoms with E-state index in [0.717, 1.165) is 6.42 Å². The predicted molar refractivity (Wildman–Crippen MR) is 87.6 cm³/mol. The largest absolute Gasteiger partial charge is 0.465 e. The number of ether oxygens (including phenoxy) is 1. The molecule has 0 aliphatic carbocycles. The van der Waals surface area contributed by atoms with E-state index in [1.165, 1.54) is 0 Å². The highest BCUT2D eigenvalue weighted by molar-refractivity contribution is 5.65. The molecule has 9 nitrogen and oxygen atoms in total. The summed E-state index contributed by atoms with van der Waals surface area (Å²) in [6.07, 6.45) is -1.86. The molecule has 0 spiro atoms. The molecule has 0 aromatic carbocycles. The van der Waals surface area contributed by atoms with Crippen molar-refractivity contribution in [2.24, 2.45) is 5.73 Å². The number of amides is 3. The van der Waals surface area contributed by atoms with Gasteiger partial charge in [-0.2, -0.15) is 0 Å². The normalized spacial score (nSPS) is 9.78. The smallest absolute Gasteiger partial charge is 0.405 e. The second-order valence-corrected chi connectivity index (χ2v) is 5.74. The van der Waals surface area contributed by atoms with Crippen molar-refractivity contribution < 1.29 is 29.3 Å². The van der Waals surface area contributed by atoms with Crippen LogP contribution in [0.1, 0.15) is 54.9 Å². The molecular formula is C14H31N3O6. The molecule has 0 radical (unpaired) electrons. The minimum absolute atomic E-state index is 0.0255. The number of rotatable bonds is 4. The molecule has 0 saturated carbocycles. The van der Waals surface area contributed by atoms with Crippen molar-refractivity contribution in [3.05, 3.63) is 0 Å². The first-order valence-electron chi connectivity index (χ1n) is 7.20. The number of carbonyl (C=O) groups is 3. The number of primary amides is 1. The zero-order valence-corrected chi connectivity index (χ0v) is 15.0. The van der Waals surface area contributed by atoms with Gasteiger partial charge in [0, 0.05) is 12.1 Å². The average Bonchev–Trinajstić information content (AvgIpc) is 2.24. The topological polar surface area (TPSA) is 151 Å².